The lowest BCUT2D eigenvalue weighted by Gasteiger charge is -2.12. The summed E-state index contributed by atoms with van der Waals surface area (Å²) in [6, 6.07) is 3.72. The monoisotopic (exact) mass is 223 g/mol. The number of ether oxygens (including phenoxy) is 1. The fourth-order valence-electron chi connectivity index (χ4n) is 1.30. The molecule has 0 saturated heterocycles. The fraction of sp³-hybridized carbons (Fsp3) is 0.615. The molecule has 1 aromatic rings. The Kier molecular flexibility index (Phi) is 4.74. The quantitative estimate of drug-likeness (QED) is 0.834. The van der Waals surface area contributed by atoms with Crippen LogP contribution in [-0.2, 0) is 6.61 Å². The first-order valence-corrected chi connectivity index (χ1v) is 5.77. The van der Waals surface area contributed by atoms with Crippen LogP contribution in [0.25, 0.3) is 0 Å². The predicted molar refractivity (Wildman–Crippen MR) is 64.6 cm³/mol. The van der Waals surface area contributed by atoms with Crippen molar-refractivity contribution in [2.45, 2.75) is 40.2 Å². The minimum Gasteiger partial charge on any atom is -0.477 e. The minimum atomic E-state index is 0.0281. The summed E-state index contributed by atoms with van der Waals surface area (Å²) >= 11 is 0. The number of pyridine rings is 1. The van der Waals surface area contributed by atoms with E-state index in [-0.39, 0.29) is 6.61 Å². The zero-order chi connectivity index (χ0) is 12.1. The smallest absolute Gasteiger partial charge is 0.213 e. The van der Waals surface area contributed by atoms with E-state index in [0.717, 1.165) is 11.3 Å². The van der Waals surface area contributed by atoms with Crippen LogP contribution in [-0.4, -0.2) is 16.7 Å². The molecule has 16 heavy (non-hydrogen) atoms. The number of nitrogens with zero attached hydrogens (tertiary/aromatic N) is 1. The van der Waals surface area contributed by atoms with Crippen LogP contribution in [0.3, 0.4) is 0 Å². The second-order valence-corrected chi connectivity index (χ2v) is 4.76. The van der Waals surface area contributed by atoms with Gasteiger partial charge in [-0.1, -0.05) is 27.7 Å². The van der Waals surface area contributed by atoms with Crippen LogP contribution in [0.5, 0.6) is 5.88 Å². The third-order valence-electron chi connectivity index (χ3n) is 2.22. The van der Waals surface area contributed by atoms with Gasteiger partial charge in [-0.2, -0.15) is 0 Å². The second-order valence-electron chi connectivity index (χ2n) is 4.76. The van der Waals surface area contributed by atoms with Gasteiger partial charge in [0.2, 0.25) is 5.88 Å². The summed E-state index contributed by atoms with van der Waals surface area (Å²) in [6.07, 6.45) is 0. The van der Waals surface area contributed by atoms with E-state index in [1.165, 1.54) is 0 Å². The van der Waals surface area contributed by atoms with E-state index in [0.29, 0.717) is 24.3 Å². The molecule has 0 atom stereocenters. The molecule has 0 spiro atoms. The summed E-state index contributed by atoms with van der Waals surface area (Å²) < 4.78 is 5.58. The van der Waals surface area contributed by atoms with Crippen molar-refractivity contribution in [3.63, 3.8) is 0 Å². The predicted octanol–water partition coefficient (Wildman–Crippen LogP) is 2.73. The first-order valence-electron chi connectivity index (χ1n) is 5.77. The molecule has 90 valence electrons. The van der Waals surface area contributed by atoms with Crippen molar-refractivity contribution in [2.24, 2.45) is 5.92 Å². The van der Waals surface area contributed by atoms with E-state index in [2.05, 4.69) is 32.7 Å². The van der Waals surface area contributed by atoms with Crippen molar-refractivity contribution in [1.29, 1.82) is 0 Å². The van der Waals surface area contributed by atoms with Gasteiger partial charge in [0.05, 0.1) is 13.2 Å². The van der Waals surface area contributed by atoms with Crippen LogP contribution < -0.4 is 4.74 Å². The van der Waals surface area contributed by atoms with Crippen LogP contribution >= 0.6 is 0 Å². The molecule has 0 aromatic carbocycles. The van der Waals surface area contributed by atoms with Crippen LogP contribution in [0, 0.1) is 5.92 Å². The molecule has 0 aliphatic heterocycles. The lowest BCUT2D eigenvalue weighted by molar-refractivity contribution is 0.256. The molecule has 1 aromatic heterocycles. The number of hydrogen-bond acceptors (Lipinski definition) is 3. The van der Waals surface area contributed by atoms with Gasteiger partial charge in [0.25, 0.3) is 0 Å². The molecule has 0 saturated carbocycles. The highest BCUT2D eigenvalue weighted by molar-refractivity contribution is 5.26. The Bertz CT molecular complexity index is 335. The van der Waals surface area contributed by atoms with E-state index < -0.39 is 0 Å². The Morgan fingerprint density at radius 3 is 2.44 bits per heavy atom. The largest absolute Gasteiger partial charge is 0.477 e. The Morgan fingerprint density at radius 2 is 1.94 bits per heavy atom. The average molecular weight is 223 g/mol. The number of rotatable bonds is 5. The van der Waals surface area contributed by atoms with E-state index in [9.17, 15) is 0 Å². The summed E-state index contributed by atoms with van der Waals surface area (Å²) in [5, 5.41) is 9.16. The lowest BCUT2D eigenvalue weighted by atomic mass is 10.1. The van der Waals surface area contributed by atoms with Crippen molar-refractivity contribution in [2.75, 3.05) is 6.61 Å². The fourth-order valence-corrected chi connectivity index (χ4v) is 1.30. The van der Waals surface area contributed by atoms with Gasteiger partial charge in [-0.15, -0.1) is 0 Å². The van der Waals surface area contributed by atoms with Crippen LogP contribution in [0.2, 0.25) is 0 Å². The molecule has 1 rings (SSSR count). The van der Waals surface area contributed by atoms with Gasteiger partial charge >= 0.3 is 0 Å². The molecule has 1 heterocycles. The summed E-state index contributed by atoms with van der Waals surface area (Å²) in [4.78, 5) is 4.42. The maximum atomic E-state index is 9.16. The van der Waals surface area contributed by atoms with Crippen LogP contribution in [0.15, 0.2) is 12.1 Å². The van der Waals surface area contributed by atoms with Gasteiger partial charge in [-0.25, -0.2) is 4.98 Å². The normalized spacial score (nSPS) is 11.2. The summed E-state index contributed by atoms with van der Waals surface area (Å²) in [6.45, 7) is 9.03. The summed E-state index contributed by atoms with van der Waals surface area (Å²) in [5.74, 6) is 1.43. The van der Waals surface area contributed by atoms with Gasteiger partial charge in [-0.3, -0.25) is 0 Å². The van der Waals surface area contributed by atoms with E-state index >= 15 is 0 Å². The van der Waals surface area contributed by atoms with Crippen LogP contribution in [0.1, 0.15) is 44.9 Å². The third kappa shape index (κ3) is 3.81. The number of aliphatic hydroxyl groups is 1. The standard InChI is InChI=1S/C13H21NO2/c1-9(2)8-16-13-6-11(7-15)5-12(14-13)10(3)4/h5-6,9-10,15H,7-8H2,1-4H3. The maximum absolute atomic E-state index is 9.16. The Labute approximate surface area is 97.5 Å². The molecular weight excluding hydrogens is 202 g/mol. The molecule has 0 bridgehead atoms. The number of hydrogen-bond donors (Lipinski definition) is 1. The molecule has 1 N–H and O–H groups in total. The molecule has 3 nitrogen and oxygen atoms in total. The number of aliphatic hydroxyl groups excluding tert-OH is 1. The second kappa shape index (κ2) is 5.85. The van der Waals surface area contributed by atoms with Gasteiger partial charge in [0.1, 0.15) is 0 Å². The molecule has 0 aliphatic rings. The van der Waals surface area contributed by atoms with E-state index in [1.807, 2.05) is 6.07 Å². The highest BCUT2D eigenvalue weighted by Crippen LogP contribution is 2.19. The highest BCUT2D eigenvalue weighted by atomic mass is 16.5. The topological polar surface area (TPSA) is 42.4 Å². The SMILES string of the molecule is CC(C)COc1cc(CO)cc(C(C)C)n1. The van der Waals surface area contributed by atoms with Crippen molar-refractivity contribution >= 4 is 0 Å². The van der Waals surface area contributed by atoms with Crippen molar-refractivity contribution < 1.29 is 9.84 Å². The minimum absolute atomic E-state index is 0.0281. The summed E-state index contributed by atoms with van der Waals surface area (Å²) in [5.41, 5.74) is 1.82. The van der Waals surface area contributed by atoms with Gasteiger partial charge in [-0.05, 0) is 23.5 Å². The average Bonchev–Trinajstić information content (AvgIpc) is 2.25. The van der Waals surface area contributed by atoms with Crippen molar-refractivity contribution in [3.8, 4) is 5.88 Å². The van der Waals surface area contributed by atoms with Crippen LogP contribution in [0.4, 0.5) is 0 Å². The van der Waals surface area contributed by atoms with Crippen molar-refractivity contribution in [3.05, 3.63) is 23.4 Å². The Morgan fingerprint density at radius 1 is 1.25 bits per heavy atom. The van der Waals surface area contributed by atoms with Gasteiger partial charge in [0, 0.05) is 11.8 Å². The number of aromatic nitrogens is 1. The zero-order valence-electron chi connectivity index (χ0n) is 10.5. The van der Waals surface area contributed by atoms with Gasteiger partial charge in [0.15, 0.2) is 0 Å². The third-order valence-corrected chi connectivity index (χ3v) is 2.22. The molecule has 0 unspecified atom stereocenters. The van der Waals surface area contributed by atoms with E-state index in [1.54, 1.807) is 6.07 Å². The molecule has 0 fully saturated rings. The maximum Gasteiger partial charge on any atom is 0.213 e. The van der Waals surface area contributed by atoms with Gasteiger partial charge < -0.3 is 9.84 Å². The molecular formula is C13H21NO2. The molecule has 0 amide bonds. The Balaban J connectivity index is 2.86. The van der Waals surface area contributed by atoms with E-state index in [4.69, 9.17) is 9.84 Å². The van der Waals surface area contributed by atoms with Crippen molar-refractivity contribution in [1.82, 2.24) is 4.98 Å². The molecule has 0 aliphatic carbocycles. The zero-order valence-corrected chi connectivity index (χ0v) is 10.5. The lowest BCUT2D eigenvalue weighted by Crippen LogP contribution is -2.07. The molecule has 0 radical (unpaired) electrons. The Hall–Kier alpha value is -1.09. The highest BCUT2D eigenvalue weighted by Gasteiger charge is 2.07. The first-order chi connectivity index (χ1) is 7.52. The molecule has 3 heteroatoms. The first kappa shape index (κ1) is 13.0. The summed E-state index contributed by atoms with van der Waals surface area (Å²) in [7, 11) is 0.